The lowest BCUT2D eigenvalue weighted by Crippen LogP contribution is -2.51. The lowest BCUT2D eigenvalue weighted by molar-refractivity contribution is -0.139. The molecular weight excluding hydrogens is 302 g/mol. The van der Waals surface area contributed by atoms with Crippen molar-refractivity contribution in [3.63, 3.8) is 0 Å². The first kappa shape index (κ1) is 17.5. The molecule has 3 aliphatic rings. The second kappa shape index (κ2) is 7.18. The smallest absolute Gasteiger partial charge is 0.227 e. The number of carbonyl (C=O) groups is 2. The molecule has 2 amide bonds. The number of nitrogens with zero attached hydrogens (tertiary/aromatic N) is 1. The van der Waals surface area contributed by atoms with Crippen LogP contribution < -0.4 is 11.1 Å². The highest BCUT2D eigenvalue weighted by atomic mass is 35.5. The van der Waals surface area contributed by atoms with E-state index in [4.69, 9.17) is 5.73 Å². The summed E-state index contributed by atoms with van der Waals surface area (Å²) in [5, 5.41) is 2.88. The predicted octanol–water partition coefficient (Wildman–Crippen LogP) is 1.16. The molecule has 1 heterocycles. The summed E-state index contributed by atoms with van der Waals surface area (Å²) in [5.74, 6) is 1.83. The average molecular weight is 330 g/mol. The number of rotatable bonds is 3. The van der Waals surface area contributed by atoms with Gasteiger partial charge in [0.2, 0.25) is 11.8 Å². The van der Waals surface area contributed by atoms with Gasteiger partial charge in [0.05, 0.1) is 5.92 Å². The Morgan fingerprint density at radius 1 is 1.23 bits per heavy atom. The Balaban J connectivity index is 0.00000176. The number of carbonyl (C=O) groups excluding carboxylic acids is 2. The molecule has 126 valence electrons. The van der Waals surface area contributed by atoms with Gasteiger partial charge >= 0.3 is 0 Å². The lowest BCUT2D eigenvalue weighted by atomic mass is 9.83. The van der Waals surface area contributed by atoms with Crippen LogP contribution in [-0.4, -0.2) is 42.4 Å². The van der Waals surface area contributed by atoms with Crippen LogP contribution in [0.2, 0.25) is 0 Å². The van der Waals surface area contributed by atoms with Gasteiger partial charge in [-0.2, -0.15) is 0 Å². The molecule has 0 aromatic heterocycles. The highest BCUT2D eigenvalue weighted by Gasteiger charge is 2.50. The summed E-state index contributed by atoms with van der Waals surface area (Å²) in [6, 6.07) is 0.0759. The number of fused-ring (bicyclic) bond motifs is 2. The van der Waals surface area contributed by atoms with Crippen LogP contribution in [0.5, 0.6) is 0 Å². The zero-order chi connectivity index (χ0) is 15.0. The monoisotopic (exact) mass is 329 g/mol. The summed E-state index contributed by atoms with van der Waals surface area (Å²) in [5.41, 5.74) is 6.30. The largest absolute Gasteiger partial charge is 0.356 e. The van der Waals surface area contributed by atoms with E-state index in [-0.39, 0.29) is 36.2 Å². The van der Waals surface area contributed by atoms with Crippen LogP contribution in [0.15, 0.2) is 0 Å². The molecule has 2 bridgehead atoms. The first-order valence-electron chi connectivity index (χ1n) is 8.35. The van der Waals surface area contributed by atoms with E-state index in [0.717, 1.165) is 32.4 Å². The number of hydrogen-bond acceptors (Lipinski definition) is 3. The number of nitrogens with two attached hydrogens (primary N) is 1. The van der Waals surface area contributed by atoms with E-state index < -0.39 is 0 Å². The van der Waals surface area contributed by atoms with E-state index in [1.165, 1.54) is 12.8 Å². The van der Waals surface area contributed by atoms with E-state index >= 15 is 0 Å². The first-order valence-corrected chi connectivity index (χ1v) is 8.35. The number of halogens is 1. The summed E-state index contributed by atoms with van der Waals surface area (Å²) >= 11 is 0. The molecule has 1 aliphatic heterocycles. The lowest BCUT2D eigenvalue weighted by Gasteiger charge is -2.37. The van der Waals surface area contributed by atoms with Crippen molar-refractivity contribution in [2.24, 2.45) is 29.4 Å². The minimum absolute atomic E-state index is 0. The molecule has 5 atom stereocenters. The fourth-order valence-corrected chi connectivity index (χ4v) is 4.63. The van der Waals surface area contributed by atoms with Gasteiger partial charge in [-0.05, 0) is 49.9 Å². The Bertz CT molecular complexity index is 430. The highest BCUT2D eigenvalue weighted by molar-refractivity contribution is 5.85. The maximum absolute atomic E-state index is 12.8. The van der Waals surface area contributed by atoms with Crippen molar-refractivity contribution >= 4 is 24.2 Å². The molecular formula is C16H28ClN3O2. The molecule has 0 spiro atoms. The third kappa shape index (κ3) is 3.40. The quantitative estimate of drug-likeness (QED) is 0.815. The first-order chi connectivity index (χ1) is 10.1. The zero-order valence-electron chi connectivity index (χ0n) is 13.3. The number of hydrogen-bond donors (Lipinski definition) is 2. The van der Waals surface area contributed by atoms with E-state index in [1.807, 2.05) is 4.90 Å². The van der Waals surface area contributed by atoms with Crippen molar-refractivity contribution in [2.75, 3.05) is 19.6 Å². The van der Waals surface area contributed by atoms with Crippen molar-refractivity contribution in [1.29, 1.82) is 0 Å². The molecule has 0 radical (unpaired) electrons. The Hall–Kier alpha value is -0.810. The summed E-state index contributed by atoms with van der Waals surface area (Å²) in [6.07, 6.45) is 5.66. The highest BCUT2D eigenvalue weighted by Crippen LogP contribution is 2.48. The number of likely N-dealkylation sites (tertiary alicyclic amines) is 1. The van der Waals surface area contributed by atoms with Gasteiger partial charge in [-0.25, -0.2) is 0 Å². The van der Waals surface area contributed by atoms with Gasteiger partial charge in [0, 0.05) is 32.6 Å². The summed E-state index contributed by atoms with van der Waals surface area (Å²) < 4.78 is 0. The molecule has 1 saturated heterocycles. The Labute approximate surface area is 138 Å². The van der Waals surface area contributed by atoms with E-state index in [9.17, 15) is 9.59 Å². The Morgan fingerprint density at radius 3 is 2.59 bits per heavy atom. The zero-order valence-corrected chi connectivity index (χ0v) is 14.1. The van der Waals surface area contributed by atoms with Crippen LogP contribution in [0.4, 0.5) is 0 Å². The third-order valence-electron chi connectivity index (χ3n) is 5.74. The second-order valence-electron chi connectivity index (χ2n) is 7.17. The van der Waals surface area contributed by atoms with Gasteiger partial charge in [0.15, 0.2) is 0 Å². The van der Waals surface area contributed by atoms with Crippen molar-refractivity contribution in [3.8, 4) is 0 Å². The molecule has 22 heavy (non-hydrogen) atoms. The summed E-state index contributed by atoms with van der Waals surface area (Å²) in [6.45, 7) is 3.86. The molecule has 5 nitrogen and oxygen atoms in total. The van der Waals surface area contributed by atoms with Crippen molar-refractivity contribution in [1.82, 2.24) is 10.2 Å². The van der Waals surface area contributed by atoms with Crippen LogP contribution in [-0.2, 0) is 9.59 Å². The fourth-order valence-electron chi connectivity index (χ4n) is 4.63. The van der Waals surface area contributed by atoms with Gasteiger partial charge in [-0.15, -0.1) is 12.4 Å². The maximum Gasteiger partial charge on any atom is 0.227 e. The molecule has 6 heteroatoms. The number of nitrogens with one attached hydrogen (secondary N) is 1. The molecule has 2 saturated carbocycles. The number of amides is 2. The SMILES string of the molecule is CC(=O)NCC1CCCN(C(=O)C2C3CCC(C3)C2N)C1.Cl. The minimum Gasteiger partial charge on any atom is -0.356 e. The van der Waals surface area contributed by atoms with Gasteiger partial charge in [0.25, 0.3) is 0 Å². The maximum atomic E-state index is 12.8. The Kier molecular flexibility index (Phi) is 5.72. The molecule has 2 aliphatic carbocycles. The fraction of sp³-hybridized carbons (Fsp3) is 0.875. The normalized spacial score (nSPS) is 36.8. The standard InChI is InChI=1S/C16H27N3O2.ClH/c1-10(20)18-8-11-3-2-6-19(9-11)16(21)14-12-4-5-13(7-12)15(14)17;/h11-15H,2-9,17H2,1H3,(H,18,20);1H. The van der Waals surface area contributed by atoms with Crippen LogP contribution >= 0.6 is 12.4 Å². The summed E-state index contributed by atoms with van der Waals surface area (Å²) in [7, 11) is 0. The summed E-state index contributed by atoms with van der Waals surface area (Å²) in [4.78, 5) is 25.9. The van der Waals surface area contributed by atoms with Crippen LogP contribution in [0.3, 0.4) is 0 Å². The van der Waals surface area contributed by atoms with Gasteiger partial charge < -0.3 is 16.0 Å². The molecule has 5 unspecified atom stereocenters. The van der Waals surface area contributed by atoms with Crippen LogP contribution in [0.1, 0.15) is 39.0 Å². The molecule has 3 rings (SSSR count). The average Bonchev–Trinajstić information content (AvgIpc) is 3.05. The van der Waals surface area contributed by atoms with E-state index in [1.54, 1.807) is 6.92 Å². The van der Waals surface area contributed by atoms with Crippen LogP contribution in [0, 0.1) is 23.7 Å². The van der Waals surface area contributed by atoms with E-state index in [2.05, 4.69) is 5.32 Å². The van der Waals surface area contributed by atoms with E-state index in [0.29, 0.717) is 24.3 Å². The van der Waals surface area contributed by atoms with Gasteiger partial charge in [-0.1, -0.05) is 0 Å². The van der Waals surface area contributed by atoms with Crippen molar-refractivity contribution < 1.29 is 9.59 Å². The van der Waals surface area contributed by atoms with Crippen molar-refractivity contribution in [3.05, 3.63) is 0 Å². The molecule has 3 fully saturated rings. The van der Waals surface area contributed by atoms with Crippen molar-refractivity contribution in [2.45, 2.75) is 45.1 Å². The second-order valence-corrected chi connectivity index (χ2v) is 7.17. The van der Waals surface area contributed by atoms with Crippen LogP contribution in [0.25, 0.3) is 0 Å². The predicted molar refractivity (Wildman–Crippen MR) is 87.5 cm³/mol. The third-order valence-corrected chi connectivity index (χ3v) is 5.74. The minimum atomic E-state index is 0. The number of piperidine rings is 1. The Morgan fingerprint density at radius 2 is 1.95 bits per heavy atom. The van der Waals surface area contributed by atoms with Gasteiger partial charge in [-0.3, -0.25) is 9.59 Å². The van der Waals surface area contributed by atoms with Gasteiger partial charge in [0.1, 0.15) is 0 Å². The molecule has 0 aromatic carbocycles. The molecule has 0 aromatic rings. The topological polar surface area (TPSA) is 75.4 Å². The molecule has 3 N–H and O–H groups in total.